The molecule has 0 aliphatic rings. The van der Waals surface area contributed by atoms with E-state index in [0.717, 1.165) is 5.56 Å². The molecule has 0 fully saturated rings. The first kappa shape index (κ1) is 22.0. The Hall–Kier alpha value is -3.28. The van der Waals surface area contributed by atoms with E-state index in [-0.39, 0.29) is 24.0 Å². The van der Waals surface area contributed by atoms with Gasteiger partial charge in [0, 0.05) is 12.1 Å². The Morgan fingerprint density at radius 2 is 1.72 bits per heavy atom. The van der Waals surface area contributed by atoms with Gasteiger partial charge in [0.25, 0.3) is 5.91 Å². The fourth-order valence-corrected chi connectivity index (χ4v) is 2.62. The Bertz CT molecular complexity index is 888. The summed E-state index contributed by atoms with van der Waals surface area (Å²) in [4.78, 5) is 24.7. The zero-order valence-corrected chi connectivity index (χ0v) is 17.5. The third-order valence-electron chi connectivity index (χ3n) is 3.83. The summed E-state index contributed by atoms with van der Waals surface area (Å²) in [6, 6.07) is 12.3. The molecule has 2 aromatic carbocycles. The first-order valence-electron chi connectivity index (χ1n) is 9.53. The molecule has 0 heterocycles. The van der Waals surface area contributed by atoms with Crippen LogP contribution in [-0.2, 0) is 4.79 Å². The van der Waals surface area contributed by atoms with Crippen molar-refractivity contribution in [1.29, 1.82) is 0 Å². The molecule has 6 heteroatoms. The van der Waals surface area contributed by atoms with Gasteiger partial charge in [-0.1, -0.05) is 18.2 Å². The largest absolute Gasteiger partial charge is 0.493 e. The van der Waals surface area contributed by atoms with Crippen molar-refractivity contribution in [3.05, 3.63) is 59.7 Å². The van der Waals surface area contributed by atoms with Crippen LogP contribution in [0.1, 0.15) is 43.6 Å². The summed E-state index contributed by atoms with van der Waals surface area (Å²) in [6.45, 7) is 7.65. The third kappa shape index (κ3) is 6.68. The Kier molecular flexibility index (Phi) is 7.83. The van der Waals surface area contributed by atoms with Crippen LogP contribution >= 0.6 is 0 Å². The van der Waals surface area contributed by atoms with E-state index in [1.165, 1.54) is 6.08 Å². The van der Waals surface area contributed by atoms with Crippen molar-refractivity contribution in [2.24, 2.45) is 0 Å². The Balaban J connectivity index is 2.12. The van der Waals surface area contributed by atoms with Crippen LogP contribution in [0.3, 0.4) is 0 Å². The van der Waals surface area contributed by atoms with Gasteiger partial charge in [-0.3, -0.25) is 9.59 Å². The SMILES string of the molecule is COc1cc(/C=C/C(=O)Nc2ccccc2C(=O)NC(C)C)ccc1OC(C)C. The van der Waals surface area contributed by atoms with E-state index in [0.29, 0.717) is 22.7 Å². The molecule has 2 rings (SSSR count). The Morgan fingerprint density at radius 3 is 2.38 bits per heavy atom. The monoisotopic (exact) mass is 396 g/mol. The van der Waals surface area contributed by atoms with Crippen LogP contribution in [0.25, 0.3) is 6.08 Å². The standard InChI is InChI=1S/C23H28N2O4/c1-15(2)24-23(27)18-8-6-7-9-19(18)25-22(26)13-11-17-10-12-20(29-16(3)4)21(14-17)28-5/h6-16H,1-5H3,(H,24,27)(H,25,26)/b13-11+. The van der Waals surface area contributed by atoms with E-state index in [1.54, 1.807) is 43.5 Å². The Labute approximate surface area is 171 Å². The van der Waals surface area contributed by atoms with Gasteiger partial charge in [0.2, 0.25) is 5.91 Å². The smallest absolute Gasteiger partial charge is 0.253 e. The van der Waals surface area contributed by atoms with Gasteiger partial charge in [-0.2, -0.15) is 0 Å². The van der Waals surface area contributed by atoms with Gasteiger partial charge in [0.15, 0.2) is 11.5 Å². The maximum Gasteiger partial charge on any atom is 0.253 e. The zero-order valence-electron chi connectivity index (χ0n) is 17.5. The van der Waals surface area contributed by atoms with Crippen LogP contribution in [0.15, 0.2) is 48.5 Å². The fraction of sp³-hybridized carbons (Fsp3) is 0.304. The van der Waals surface area contributed by atoms with E-state index < -0.39 is 0 Å². The first-order valence-corrected chi connectivity index (χ1v) is 9.53. The average molecular weight is 396 g/mol. The molecule has 0 aromatic heterocycles. The van der Waals surface area contributed by atoms with E-state index in [4.69, 9.17) is 9.47 Å². The number of nitrogens with one attached hydrogen (secondary N) is 2. The topological polar surface area (TPSA) is 76.7 Å². The fourth-order valence-electron chi connectivity index (χ4n) is 2.62. The molecule has 2 aromatic rings. The molecule has 0 aliphatic heterocycles. The molecule has 0 bridgehead atoms. The average Bonchev–Trinajstić information content (AvgIpc) is 2.66. The number of amides is 2. The minimum atomic E-state index is -0.337. The number of carbonyl (C=O) groups is 2. The zero-order chi connectivity index (χ0) is 21.4. The highest BCUT2D eigenvalue weighted by Crippen LogP contribution is 2.29. The lowest BCUT2D eigenvalue weighted by molar-refractivity contribution is -0.111. The molecule has 0 saturated heterocycles. The minimum Gasteiger partial charge on any atom is -0.493 e. The van der Waals surface area contributed by atoms with Crippen LogP contribution in [0.5, 0.6) is 11.5 Å². The van der Waals surface area contributed by atoms with Crippen molar-refractivity contribution in [2.75, 3.05) is 12.4 Å². The lowest BCUT2D eigenvalue weighted by atomic mass is 10.1. The van der Waals surface area contributed by atoms with Crippen molar-refractivity contribution < 1.29 is 19.1 Å². The maximum absolute atomic E-state index is 12.4. The van der Waals surface area contributed by atoms with Crippen LogP contribution in [-0.4, -0.2) is 31.1 Å². The van der Waals surface area contributed by atoms with Crippen LogP contribution in [0.2, 0.25) is 0 Å². The first-order chi connectivity index (χ1) is 13.8. The van der Waals surface area contributed by atoms with Crippen LogP contribution in [0, 0.1) is 0 Å². The molecular formula is C23H28N2O4. The normalized spacial score (nSPS) is 11.0. The quantitative estimate of drug-likeness (QED) is 0.653. The van der Waals surface area contributed by atoms with E-state index in [9.17, 15) is 9.59 Å². The number of carbonyl (C=O) groups excluding carboxylic acids is 2. The summed E-state index contributed by atoms with van der Waals surface area (Å²) in [5.41, 5.74) is 1.66. The maximum atomic E-state index is 12.4. The second-order valence-electron chi connectivity index (χ2n) is 7.07. The van der Waals surface area contributed by atoms with Crippen molar-refractivity contribution in [2.45, 2.75) is 39.8 Å². The predicted molar refractivity (Wildman–Crippen MR) is 115 cm³/mol. The summed E-state index contributed by atoms with van der Waals surface area (Å²) >= 11 is 0. The number of anilines is 1. The minimum absolute atomic E-state index is 0.00350. The summed E-state index contributed by atoms with van der Waals surface area (Å²) in [6.07, 6.45) is 3.12. The number of hydrogen-bond acceptors (Lipinski definition) is 4. The van der Waals surface area contributed by atoms with Crippen molar-refractivity contribution in [3.8, 4) is 11.5 Å². The lowest BCUT2D eigenvalue weighted by Crippen LogP contribution is -2.30. The van der Waals surface area contributed by atoms with E-state index in [1.807, 2.05) is 39.8 Å². The predicted octanol–water partition coefficient (Wildman–Crippen LogP) is 4.27. The van der Waals surface area contributed by atoms with Gasteiger partial charge in [0.05, 0.1) is 24.5 Å². The molecule has 0 radical (unpaired) electrons. The number of rotatable bonds is 8. The molecule has 2 N–H and O–H groups in total. The van der Waals surface area contributed by atoms with E-state index >= 15 is 0 Å². The number of hydrogen-bond donors (Lipinski definition) is 2. The molecule has 0 spiro atoms. The van der Waals surface area contributed by atoms with Gasteiger partial charge < -0.3 is 20.1 Å². The number of benzene rings is 2. The molecular weight excluding hydrogens is 368 g/mol. The molecule has 0 aliphatic carbocycles. The molecule has 0 unspecified atom stereocenters. The van der Waals surface area contributed by atoms with Crippen molar-refractivity contribution in [3.63, 3.8) is 0 Å². The summed E-state index contributed by atoms with van der Waals surface area (Å²) in [7, 11) is 1.57. The van der Waals surface area contributed by atoms with Gasteiger partial charge in [-0.25, -0.2) is 0 Å². The van der Waals surface area contributed by atoms with Gasteiger partial charge in [0.1, 0.15) is 0 Å². The molecule has 29 heavy (non-hydrogen) atoms. The highest BCUT2D eigenvalue weighted by Gasteiger charge is 2.13. The Morgan fingerprint density at radius 1 is 1.00 bits per heavy atom. The number of ether oxygens (including phenoxy) is 2. The summed E-state index contributed by atoms with van der Waals surface area (Å²) in [5.74, 6) is 0.674. The second kappa shape index (κ2) is 10.3. The van der Waals surface area contributed by atoms with Crippen molar-refractivity contribution >= 4 is 23.6 Å². The highest BCUT2D eigenvalue weighted by molar-refractivity contribution is 6.07. The molecule has 6 nitrogen and oxygen atoms in total. The number of methoxy groups -OCH3 is 1. The third-order valence-corrected chi connectivity index (χ3v) is 3.83. The molecule has 2 amide bonds. The molecule has 154 valence electrons. The van der Waals surface area contributed by atoms with Gasteiger partial charge >= 0.3 is 0 Å². The van der Waals surface area contributed by atoms with Gasteiger partial charge in [-0.15, -0.1) is 0 Å². The molecule has 0 saturated carbocycles. The van der Waals surface area contributed by atoms with Crippen LogP contribution in [0.4, 0.5) is 5.69 Å². The highest BCUT2D eigenvalue weighted by atomic mass is 16.5. The second-order valence-corrected chi connectivity index (χ2v) is 7.07. The van der Waals surface area contributed by atoms with Crippen LogP contribution < -0.4 is 20.1 Å². The summed E-state index contributed by atoms with van der Waals surface area (Å²) in [5, 5.41) is 5.59. The van der Waals surface area contributed by atoms with E-state index in [2.05, 4.69) is 10.6 Å². The lowest BCUT2D eigenvalue weighted by Gasteiger charge is -2.14. The summed E-state index contributed by atoms with van der Waals surface area (Å²) < 4.78 is 11.1. The van der Waals surface area contributed by atoms with Crippen molar-refractivity contribution in [1.82, 2.24) is 5.32 Å². The van der Waals surface area contributed by atoms with Gasteiger partial charge in [-0.05, 0) is 63.6 Å². The molecule has 0 atom stereocenters. The number of para-hydroxylation sites is 1.